The Hall–Kier alpha value is -3.73. The molecule has 1 N–H and O–H groups in total. The Balaban J connectivity index is 1.85. The number of aromatic nitrogens is 2. The van der Waals surface area contributed by atoms with E-state index in [1.54, 1.807) is 12.3 Å². The number of nitrogens with zero attached hydrogens (tertiary/aromatic N) is 1. The number of nitrogens with one attached hydrogen (secondary N) is 1. The van der Waals surface area contributed by atoms with Crippen LogP contribution in [0.2, 0.25) is 0 Å². The number of rotatable bonds is 4. The van der Waals surface area contributed by atoms with Crippen LogP contribution in [0.15, 0.2) is 77.7 Å². The quantitative estimate of drug-likeness (QED) is 0.543. The monoisotopic (exact) mass is 370 g/mol. The number of fused-ring (bicyclic) bond motifs is 1. The number of hydrogen-bond acceptors (Lipinski definition) is 4. The average molecular weight is 370 g/mol. The van der Waals surface area contributed by atoms with Crippen LogP contribution >= 0.6 is 0 Å². The third-order valence-corrected chi connectivity index (χ3v) is 4.51. The Morgan fingerprint density at radius 1 is 1.00 bits per heavy atom. The molecule has 0 amide bonds. The molecule has 138 valence electrons. The van der Waals surface area contributed by atoms with Crippen LogP contribution in [0.4, 0.5) is 0 Å². The van der Waals surface area contributed by atoms with Gasteiger partial charge in [-0.2, -0.15) is 0 Å². The molecule has 2 heterocycles. The lowest BCUT2D eigenvalue weighted by Gasteiger charge is -2.12. The summed E-state index contributed by atoms with van der Waals surface area (Å²) in [5.74, 6) is -0.308. The van der Waals surface area contributed by atoms with E-state index in [1.807, 2.05) is 60.7 Å². The van der Waals surface area contributed by atoms with E-state index in [9.17, 15) is 9.59 Å². The smallest absolute Gasteiger partial charge is 0.302 e. The molecule has 4 rings (SSSR count). The number of esters is 1. The maximum Gasteiger partial charge on any atom is 0.302 e. The van der Waals surface area contributed by atoms with E-state index in [4.69, 9.17) is 9.72 Å². The number of aromatic amines is 1. The molecule has 0 saturated carbocycles. The molecule has 0 fully saturated rings. The molecule has 28 heavy (non-hydrogen) atoms. The minimum atomic E-state index is -0.308. The second-order valence-corrected chi connectivity index (χ2v) is 6.47. The van der Waals surface area contributed by atoms with Crippen LogP contribution in [0.3, 0.4) is 0 Å². The largest absolute Gasteiger partial charge is 0.461 e. The molecular formula is C23H18N2O3. The first-order valence-corrected chi connectivity index (χ1v) is 8.92. The fourth-order valence-electron chi connectivity index (χ4n) is 3.11. The van der Waals surface area contributed by atoms with Gasteiger partial charge in [-0.25, -0.2) is 4.98 Å². The zero-order valence-electron chi connectivity index (χ0n) is 15.3. The van der Waals surface area contributed by atoms with Crippen molar-refractivity contribution in [2.45, 2.75) is 13.5 Å². The number of hydrogen-bond donors (Lipinski definition) is 1. The summed E-state index contributed by atoms with van der Waals surface area (Å²) in [6.07, 6.45) is 1.60. The zero-order chi connectivity index (χ0) is 19.5. The summed E-state index contributed by atoms with van der Waals surface area (Å²) < 4.78 is 5.04. The van der Waals surface area contributed by atoms with Crippen LogP contribution in [-0.4, -0.2) is 15.9 Å². The maximum absolute atomic E-state index is 12.2. The lowest BCUT2D eigenvalue weighted by atomic mass is 9.97. The first-order chi connectivity index (χ1) is 13.6. The van der Waals surface area contributed by atoms with Crippen LogP contribution < -0.4 is 5.56 Å². The maximum atomic E-state index is 12.2. The van der Waals surface area contributed by atoms with Crippen LogP contribution in [0.25, 0.3) is 33.3 Å². The van der Waals surface area contributed by atoms with Crippen molar-refractivity contribution in [1.29, 1.82) is 0 Å². The topological polar surface area (TPSA) is 72.0 Å². The van der Waals surface area contributed by atoms with Crippen molar-refractivity contribution in [2.24, 2.45) is 0 Å². The number of H-pyrrole nitrogens is 1. The predicted molar refractivity (Wildman–Crippen MR) is 109 cm³/mol. The zero-order valence-corrected chi connectivity index (χ0v) is 15.3. The lowest BCUT2D eigenvalue weighted by molar-refractivity contribution is -0.142. The van der Waals surface area contributed by atoms with Gasteiger partial charge in [-0.05, 0) is 23.3 Å². The van der Waals surface area contributed by atoms with Gasteiger partial charge in [0, 0.05) is 24.2 Å². The van der Waals surface area contributed by atoms with Crippen molar-refractivity contribution < 1.29 is 9.53 Å². The Bertz CT molecular complexity index is 1200. The second-order valence-electron chi connectivity index (χ2n) is 6.47. The van der Waals surface area contributed by atoms with E-state index in [1.165, 1.54) is 6.92 Å². The molecule has 5 nitrogen and oxygen atoms in total. The number of benzene rings is 2. The van der Waals surface area contributed by atoms with Gasteiger partial charge in [-0.1, -0.05) is 54.6 Å². The van der Waals surface area contributed by atoms with E-state index in [0.717, 1.165) is 27.9 Å². The van der Waals surface area contributed by atoms with Gasteiger partial charge in [-0.15, -0.1) is 0 Å². The van der Waals surface area contributed by atoms with Crippen molar-refractivity contribution in [3.8, 4) is 22.4 Å². The van der Waals surface area contributed by atoms with E-state index >= 15 is 0 Å². The first kappa shape index (κ1) is 17.7. The Morgan fingerprint density at radius 2 is 1.75 bits per heavy atom. The SMILES string of the molecule is CC(=O)OCc1ccc(-c2nc3cc[nH]c(=O)c3cc2-c2ccccc2)cc1. The molecule has 0 atom stereocenters. The van der Waals surface area contributed by atoms with Crippen LogP contribution in [-0.2, 0) is 16.1 Å². The summed E-state index contributed by atoms with van der Waals surface area (Å²) in [5.41, 5.74) is 4.97. The average Bonchev–Trinajstić information content (AvgIpc) is 2.73. The summed E-state index contributed by atoms with van der Waals surface area (Å²) in [7, 11) is 0. The fraction of sp³-hybridized carbons (Fsp3) is 0.0870. The Morgan fingerprint density at radius 3 is 2.46 bits per heavy atom. The van der Waals surface area contributed by atoms with Crippen LogP contribution in [0, 0.1) is 0 Å². The fourth-order valence-corrected chi connectivity index (χ4v) is 3.11. The summed E-state index contributed by atoms with van der Waals surface area (Å²) in [4.78, 5) is 30.7. The van der Waals surface area contributed by atoms with Gasteiger partial charge in [0.1, 0.15) is 6.61 Å². The van der Waals surface area contributed by atoms with Crippen LogP contribution in [0.5, 0.6) is 0 Å². The van der Waals surface area contributed by atoms with Crippen molar-refractivity contribution >= 4 is 16.9 Å². The lowest BCUT2D eigenvalue weighted by Crippen LogP contribution is -2.06. The van der Waals surface area contributed by atoms with Crippen molar-refractivity contribution in [1.82, 2.24) is 9.97 Å². The number of ether oxygens (including phenoxy) is 1. The van der Waals surface area contributed by atoms with Gasteiger partial charge < -0.3 is 9.72 Å². The standard InChI is InChI=1S/C23H18N2O3/c1-15(26)28-14-16-7-9-18(10-8-16)22-19(17-5-3-2-4-6-17)13-20-21(25-22)11-12-24-23(20)27/h2-13H,14H2,1H3,(H,24,27). The second kappa shape index (κ2) is 7.48. The van der Waals surface area contributed by atoms with E-state index in [2.05, 4.69) is 4.98 Å². The molecule has 2 aromatic carbocycles. The molecular weight excluding hydrogens is 352 g/mol. The van der Waals surface area contributed by atoms with E-state index in [-0.39, 0.29) is 18.1 Å². The summed E-state index contributed by atoms with van der Waals surface area (Å²) in [6.45, 7) is 1.63. The van der Waals surface area contributed by atoms with Gasteiger partial charge in [-0.3, -0.25) is 9.59 Å². The molecule has 4 aromatic rings. The van der Waals surface area contributed by atoms with Crippen molar-refractivity contribution in [2.75, 3.05) is 0 Å². The molecule has 0 radical (unpaired) electrons. The molecule has 0 aliphatic heterocycles. The minimum Gasteiger partial charge on any atom is -0.461 e. The highest BCUT2D eigenvalue weighted by Gasteiger charge is 2.13. The molecule has 0 saturated heterocycles. The highest BCUT2D eigenvalue weighted by Crippen LogP contribution is 2.32. The van der Waals surface area contributed by atoms with E-state index < -0.39 is 0 Å². The molecule has 0 aliphatic rings. The van der Waals surface area contributed by atoms with E-state index in [0.29, 0.717) is 10.9 Å². The molecule has 0 aliphatic carbocycles. The van der Waals surface area contributed by atoms with Crippen LogP contribution in [0.1, 0.15) is 12.5 Å². The minimum absolute atomic E-state index is 0.162. The van der Waals surface area contributed by atoms with Gasteiger partial charge in [0.25, 0.3) is 5.56 Å². The predicted octanol–water partition coefficient (Wildman–Crippen LogP) is 4.32. The molecule has 5 heteroatoms. The number of carbonyl (C=O) groups excluding carboxylic acids is 1. The normalized spacial score (nSPS) is 10.8. The summed E-state index contributed by atoms with van der Waals surface area (Å²) in [6, 6.07) is 21.3. The molecule has 2 aromatic heterocycles. The third-order valence-electron chi connectivity index (χ3n) is 4.51. The Kier molecular flexibility index (Phi) is 4.72. The third kappa shape index (κ3) is 3.55. The van der Waals surface area contributed by atoms with Crippen molar-refractivity contribution in [3.63, 3.8) is 0 Å². The van der Waals surface area contributed by atoms with Gasteiger partial charge in [0.05, 0.1) is 16.6 Å². The van der Waals surface area contributed by atoms with Gasteiger partial charge in [0.15, 0.2) is 0 Å². The highest BCUT2D eigenvalue weighted by atomic mass is 16.5. The first-order valence-electron chi connectivity index (χ1n) is 8.92. The molecule has 0 unspecified atom stereocenters. The molecule has 0 spiro atoms. The number of carbonyl (C=O) groups is 1. The Labute approximate surface area is 161 Å². The van der Waals surface area contributed by atoms with Gasteiger partial charge >= 0.3 is 5.97 Å². The summed E-state index contributed by atoms with van der Waals surface area (Å²) >= 11 is 0. The van der Waals surface area contributed by atoms with Gasteiger partial charge in [0.2, 0.25) is 0 Å². The van der Waals surface area contributed by atoms with Crippen molar-refractivity contribution in [3.05, 3.63) is 88.8 Å². The molecule has 0 bridgehead atoms. The summed E-state index contributed by atoms with van der Waals surface area (Å²) in [5, 5.41) is 0.552. The highest BCUT2D eigenvalue weighted by molar-refractivity contribution is 5.91. The number of pyridine rings is 2.